The number of rotatable bonds is 1. The van der Waals surface area contributed by atoms with Gasteiger partial charge in [0.1, 0.15) is 5.82 Å². The number of nitrogens with one attached hydrogen (secondary N) is 2. The summed E-state index contributed by atoms with van der Waals surface area (Å²) in [5, 5.41) is 0. The summed E-state index contributed by atoms with van der Waals surface area (Å²) < 4.78 is 0. The van der Waals surface area contributed by atoms with E-state index in [9.17, 15) is 0 Å². The minimum atomic E-state index is 0.912. The van der Waals surface area contributed by atoms with Gasteiger partial charge in [-0.05, 0) is 6.92 Å². The third-order valence-corrected chi connectivity index (χ3v) is 1.49. The van der Waals surface area contributed by atoms with Crippen LogP contribution in [0.3, 0.4) is 0 Å². The molecule has 0 aromatic carbocycles. The fraction of sp³-hybridized carbons (Fsp3) is 0.143. The van der Waals surface area contributed by atoms with Crippen LogP contribution in [0.4, 0.5) is 0 Å². The number of hydrogen-bond donors (Lipinski definition) is 2. The minimum absolute atomic E-state index is 0.912. The fourth-order valence-corrected chi connectivity index (χ4v) is 0.961. The highest BCUT2D eigenvalue weighted by atomic mass is 14.9. The molecule has 0 saturated carbocycles. The summed E-state index contributed by atoms with van der Waals surface area (Å²) >= 11 is 0. The molecule has 0 aliphatic heterocycles. The van der Waals surface area contributed by atoms with Crippen LogP contribution >= 0.6 is 0 Å². The van der Waals surface area contributed by atoms with Crippen molar-refractivity contribution in [2.75, 3.05) is 0 Å². The molecule has 0 radical (unpaired) electrons. The molecule has 0 spiro atoms. The second kappa shape index (κ2) is 2.23. The van der Waals surface area contributed by atoms with Gasteiger partial charge in [0.25, 0.3) is 0 Å². The molecular weight excluding hydrogens is 140 g/mol. The van der Waals surface area contributed by atoms with E-state index >= 15 is 0 Å². The van der Waals surface area contributed by atoms with Crippen molar-refractivity contribution in [3.8, 4) is 11.4 Å². The van der Waals surface area contributed by atoms with Crippen LogP contribution in [0.25, 0.3) is 11.4 Å². The molecule has 0 unspecified atom stereocenters. The molecular formula is C7H8N4. The van der Waals surface area contributed by atoms with E-state index in [0.29, 0.717) is 0 Å². The standard InChI is InChI=1S/C7H8N4/c1-5-9-3-7(11-5)6-2-8-4-10-6/h2-4H,1H3,(H,8,10)(H,9,11). The van der Waals surface area contributed by atoms with Gasteiger partial charge >= 0.3 is 0 Å². The molecule has 0 fully saturated rings. The van der Waals surface area contributed by atoms with E-state index in [1.54, 1.807) is 18.7 Å². The molecule has 11 heavy (non-hydrogen) atoms. The molecule has 2 rings (SSSR count). The van der Waals surface area contributed by atoms with Crippen molar-refractivity contribution in [1.29, 1.82) is 0 Å². The van der Waals surface area contributed by atoms with E-state index in [0.717, 1.165) is 17.2 Å². The Morgan fingerprint density at radius 1 is 1.27 bits per heavy atom. The van der Waals surface area contributed by atoms with Crippen LogP contribution in [0.2, 0.25) is 0 Å². The molecule has 2 aromatic heterocycles. The van der Waals surface area contributed by atoms with Crippen molar-refractivity contribution < 1.29 is 0 Å². The first-order valence-electron chi connectivity index (χ1n) is 3.36. The van der Waals surface area contributed by atoms with Gasteiger partial charge in [-0.2, -0.15) is 0 Å². The lowest BCUT2D eigenvalue weighted by Gasteiger charge is -1.87. The Morgan fingerprint density at radius 2 is 2.18 bits per heavy atom. The largest absolute Gasteiger partial charge is 0.343 e. The van der Waals surface area contributed by atoms with Crippen LogP contribution in [-0.2, 0) is 0 Å². The molecule has 56 valence electrons. The first-order valence-corrected chi connectivity index (χ1v) is 3.36. The van der Waals surface area contributed by atoms with E-state index in [4.69, 9.17) is 0 Å². The van der Waals surface area contributed by atoms with Crippen molar-refractivity contribution in [2.45, 2.75) is 6.92 Å². The van der Waals surface area contributed by atoms with Crippen LogP contribution in [0.15, 0.2) is 18.7 Å². The van der Waals surface area contributed by atoms with Gasteiger partial charge in [0.15, 0.2) is 0 Å². The van der Waals surface area contributed by atoms with E-state index < -0.39 is 0 Å². The topological polar surface area (TPSA) is 57.4 Å². The van der Waals surface area contributed by atoms with Crippen molar-refractivity contribution in [1.82, 2.24) is 19.9 Å². The quantitative estimate of drug-likeness (QED) is 0.636. The van der Waals surface area contributed by atoms with Gasteiger partial charge < -0.3 is 9.97 Å². The lowest BCUT2D eigenvalue weighted by molar-refractivity contribution is 1.15. The van der Waals surface area contributed by atoms with Gasteiger partial charge in [0, 0.05) is 0 Å². The Morgan fingerprint density at radius 3 is 2.73 bits per heavy atom. The molecule has 0 atom stereocenters. The van der Waals surface area contributed by atoms with Crippen LogP contribution in [0.5, 0.6) is 0 Å². The highest BCUT2D eigenvalue weighted by Gasteiger charge is 1.99. The monoisotopic (exact) mass is 148 g/mol. The zero-order valence-electron chi connectivity index (χ0n) is 6.13. The molecule has 0 aliphatic rings. The maximum atomic E-state index is 4.07. The second-order valence-corrected chi connectivity index (χ2v) is 2.35. The fourth-order valence-electron chi connectivity index (χ4n) is 0.961. The Balaban J connectivity index is 2.45. The van der Waals surface area contributed by atoms with E-state index in [1.165, 1.54) is 0 Å². The molecule has 2 aromatic rings. The smallest absolute Gasteiger partial charge is 0.103 e. The maximum Gasteiger partial charge on any atom is 0.103 e. The molecule has 2 heterocycles. The van der Waals surface area contributed by atoms with Crippen LogP contribution in [0, 0.1) is 6.92 Å². The van der Waals surface area contributed by atoms with E-state index in [1.807, 2.05) is 6.92 Å². The molecule has 2 N–H and O–H groups in total. The zero-order chi connectivity index (χ0) is 7.68. The predicted octanol–water partition coefficient (Wildman–Crippen LogP) is 1.11. The minimum Gasteiger partial charge on any atom is -0.343 e. The Hall–Kier alpha value is -1.58. The Kier molecular flexibility index (Phi) is 1.25. The summed E-state index contributed by atoms with van der Waals surface area (Å²) in [4.78, 5) is 14.1. The van der Waals surface area contributed by atoms with Gasteiger partial charge in [-0.25, -0.2) is 9.97 Å². The first kappa shape index (κ1) is 6.15. The predicted molar refractivity (Wildman–Crippen MR) is 40.9 cm³/mol. The van der Waals surface area contributed by atoms with Crippen molar-refractivity contribution in [3.63, 3.8) is 0 Å². The van der Waals surface area contributed by atoms with Gasteiger partial charge in [-0.3, -0.25) is 0 Å². The number of nitrogens with zero attached hydrogens (tertiary/aromatic N) is 2. The second-order valence-electron chi connectivity index (χ2n) is 2.35. The van der Waals surface area contributed by atoms with Crippen molar-refractivity contribution >= 4 is 0 Å². The normalized spacial score (nSPS) is 10.3. The van der Waals surface area contributed by atoms with Crippen LogP contribution in [0.1, 0.15) is 5.82 Å². The molecule has 4 heteroatoms. The summed E-state index contributed by atoms with van der Waals surface area (Å²) in [5.74, 6) is 0.912. The SMILES string of the molecule is Cc1ncc(-c2cnc[nH]2)[nH]1. The van der Waals surface area contributed by atoms with E-state index in [-0.39, 0.29) is 0 Å². The molecule has 0 aliphatic carbocycles. The molecule has 0 amide bonds. The van der Waals surface area contributed by atoms with Crippen LogP contribution in [-0.4, -0.2) is 19.9 Å². The molecule has 0 bridgehead atoms. The van der Waals surface area contributed by atoms with Gasteiger partial charge in [0.2, 0.25) is 0 Å². The van der Waals surface area contributed by atoms with Crippen LogP contribution < -0.4 is 0 Å². The lowest BCUT2D eigenvalue weighted by atomic mass is 10.4. The number of aromatic nitrogens is 4. The number of H-pyrrole nitrogens is 2. The summed E-state index contributed by atoms with van der Waals surface area (Å²) in [7, 11) is 0. The molecule has 0 saturated heterocycles. The average molecular weight is 148 g/mol. The average Bonchev–Trinajstić information content (AvgIpc) is 2.55. The van der Waals surface area contributed by atoms with E-state index in [2.05, 4.69) is 19.9 Å². The summed E-state index contributed by atoms with van der Waals surface area (Å²) in [6.45, 7) is 1.92. The lowest BCUT2D eigenvalue weighted by Crippen LogP contribution is -1.76. The third-order valence-electron chi connectivity index (χ3n) is 1.49. The number of aryl methyl sites for hydroxylation is 1. The highest BCUT2D eigenvalue weighted by molar-refractivity contribution is 5.51. The zero-order valence-corrected chi connectivity index (χ0v) is 6.13. The summed E-state index contributed by atoms with van der Waals surface area (Å²) in [6, 6.07) is 0. The number of aromatic amines is 2. The number of hydrogen-bond acceptors (Lipinski definition) is 2. The summed E-state index contributed by atoms with van der Waals surface area (Å²) in [5.41, 5.74) is 1.94. The summed E-state index contributed by atoms with van der Waals surface area (Å²) in [6.07, 6.45) is 5.18. The van der Waals surface area contributed by atoms with Crippen molar-refractivity contribution in [3.05, 3.63) is 24.5 Å². The number of imidazole rings is 2. The van der Waals surface area contributed by atoms with Gasteiger partial charge in [-0.15, -0.1) is 0 Å². The Labute approximate surface area is 63.7 Å². The third kappa shape index (κ3) is 1.02. The molecule has 4 nitrogen and oxygen atoms in total. The highest BCUT2D eigenvalue weighted by Crippen LogP contribution is 2.11. The van der Waals surface area contributed by atoms with Crippen molar-refractivity contribution in [2.24, 2.45) is 0 Å². The first-order chi connectivity index (χ1) is 5.36. The Bertz CT molecular complexity index is 333. The van der Waals surface area contributed by atoms with Gasteiger partial charge in [0.05, 0.1) is 30.1 Å². The van der Waals surface area contributed by atoms with Gasteiger partial charge in [-0.1, -0.05) is 0 Å². The maximum absolute atomic E-state index is 4.07.